The molecule has 13 heavy (non-hydrogen) atoms. The van der Waals surface area contributed by atoms with Crippen LogP contribution in [0.25, 0.3) is 0 Å². The summed E-state index contributed by atoms with van der Waals surface area (Å²) in [6.45, 7) is 1.92. The maximum atomic E-state index is 11.7. The van der Waals surface area contributed by atoms with Gasteiger partial charge in [0.25, 0.3) is 0 Å². The van der Waals surface area contributed by atoms with Crippen molar-refractivity contribution in [3.63, 3.8) is 0 Å². The zero-order chi connectivity index (χ0) is 9.42. The lowest BCUT2D eigenvalue weighted by Crippen LogP contribution is -2.02. The minimum atomic E-state index is 0.216. The molecule has 0 aliphatic heterocycles. The number of aryl methyl sites for hydroxylation is 1. The third kappa shape index (κ3) is 1.61. The minimum absolute atomic E-state index is 0.216. The summed E-state index contributed by atoms with van der Waals surface area (Å²) in [5.41, 5.74) is 1.68. The van der Waals surface area contributed by atoms with E-state index >= 15 is 0 Å². The fourth-order valence-corrected chi connectivity index (χ4v) is 1.62. The Morgan fingerprint density at radius 2 is 2.15 bits per heavy atom. The van der Waals surface area contributed by atoms with Gasteiger partial charge in [0.1, 0.15) is 0 Å². The largest absolute Gasteiger partial charge is 0.294 e. The molecule has 0 heterocycles. The maximum Gasteiger partial charge on any atom is 0.167 e. The zero-order valence-corrected chi connectivity index (χ0v) is 8.27. The number of halogens is 1. The van der Waals surface area contributed by atoms with Gasteiger partial charge in [-0.3, -0.25) is 4.79 Å². The van der Waals surface area contributed by atoms with Crippen molar-refractivity contribution >= 4 is 17.4 Å². The van der Waals surface area contributed by atoms with Crippen molar-refractivity contribution in [2.24, 2.45) is 5.92 Å². The first-order valence-corrected chi connectivity index (χ1v) is 4.87. The number of carbonyl (C=O) groups excluding carboxylic acids is 1. The quantitative estimate of drug-likeness (QED) is 0.661. The van der Waals surface area contributed by atoms with Gasteiger partial charge in [-0.15, -0.1) is 0 Å². The van der Waals surface area contributed by atoms with E-state index < -0.39 is 0 Å². The molecule has 1 aromatic rings. The Hall–Kier alpha value is -0.820. The number of ketones is 1. The van der Waals surface area contributed by atoms with Gasteiger partial charge in [0.05, 0.1) is 5.02 Å². The molecule has 1 aromatic carbocycles. The molecule has 0 unspecified atom stereocenters. The molecule has 0 radical (unpaired) electrons. The van der Waals surface area contributed by atoms with Crippen LogP contribution in [0.15, 0.2) is 18.2 Å². The summed E-state index contributed by atoms with van der Waals surface area (Å²) < 4.78 is 0. The molecule has 1 aliphatic rings. The van der Waals surface area contributed by atoms with Crippen molar-refractivity contribution in [3.8, 4) is 0 Å². The highest BCUT2D eigenvalue weighted by Crippen LogP contribution is 2.35. The number of carbonyl (C=O) groups is 1. The van der Waals surface area contributed by atoms with E-state index in [1.165, 1.54) is 0 Å². The molecule has 2 rings (SSSR count). The van der Waals surface area contributed by atoms with Crippen molar-refractivity contribution in [3.05, 3.63) is 34.3 Å². The summed E-state index contributed by atoms with van der Waals surface area (Å²) in [5, 5.41) is 0.624. The van der Waals surface area contributed by atoms with Crippen LogP contribution < -0.4 is 0 Å². The van der Waals surface area contributed by atoms with E-state index in [4.69, 9.17) is 11.6 Å². The molecule has 0 bridgehead atoms. The van der Waals surface area contributed by atoms with Crippen LogP contribution in [0.1, 0.15) is 28.8 Å². The Morgan fingerprint density at radius 3 is 2.77 bits per heavy atom. The highest BCUT2D eigenvalue weighted by Gasteiger charge is 2.31. The van der Waals surface area contributed by atoms with E-state index in [9.17, 15) is 4.79 Å². The highest BCUT2D eigenvalue weighted by atomic mass is 35.5. The van der Waals surface area contributed by atoms with Crippen molar-refractivity contribution in [1.29, 1.82) is 0 Å². The first-order valence-electron chi connectivity index (χ1n) is 4.49. The monoisotopic (exact) mass is 194 g/mol. The number of benzene rings is 1. The van der Waals surface area contributed by atoms with Crippen LogP contribution in [-0.4, -0.2) is 5.78 Å². The van der Waals surface area contributed by atoms with E-state index in [1.807, 2.05) is 25.1 Å². The molecular formula is C11H11ClO. The van der Waals surface area contributed by atoms with E-state index in [0.29, 0.717) is 10.6 Å². The van der Waals surface area contributed by atoms with Crippen LogP contribution in [-0.2, 0) is 0 Å². The summed E-state index contributed by atoms with van der Waals surface area (Å²) in [4.78, 5) is 11.7. The summed E-state index contributed by atoms with van der Waals surface area (Å²) in [6, 6.07) is 5.62. The molecular weight excluding hydrogens is 184 g/mol. The van der Waals surface area contributed by atoms with Gasteiger partial charge in [-0.2, -0.15) is 0 Å². The van der Waals surface area contributed by atoms with Gasteiger partial charge < -0.3 is 0 Å². The second kappa shape index (κ2) is 3.15. The first-order chi connectivity index (χ1) is 6.20. The summed E-state index contributed by atoms with van der Waals surface area (Å²) in [7, 11) is 0. The van der Waals surface area contributed by atoms with Gasteiger partial charge in [-0.1, -0.05) is 23.7 Å². The lowest BCUT2D eigenvalue weighted by molar-refractivity contribution is 0.0967. The average molecular weight is 195 g/mol. The topological polar surface area (TPSA) is 17.1 Å². The van der Waals surface area contributed by atoms with Gasteiger partial charge in [-0.05, 0) is 31.4 Å². The molecule has 0 atom stereocenters. The van der Waals surface area contributed by atoms with Crippen LogP contribution >= 0.6 is 11.6 Å². The lowest BCUT2D eigenvalue weighted by Gasteiger charge is -2.04. The molecule has 0 spiro atoms. The second-order valence-electron chi connectivity index (χ2n) is 3.57. The molecule has 1 fully saturated rings. The standard InChI is InChI=1S/C11H11ClO/c1-7-3-2-4-9(10(7)12)11(13)8-5-6-8/h2-4,8H,5-6H2,1H3. The van der Waals surface area contributed by atoms with Crippen molar-refractivity contribution < 1.29 is 4.79 Å². The van der Waals surface area contributed by atoms with Crippen LogP contribution in [0.2, 0.25) is 5.02 Å². The average Bonchev–Trinajstić information content (AvgIpc) is 2.91. The smallest absolute Gasteiger partial charge is 0.167 e. The molecule has 68 valence electrons. The van der Waals surface area contributed by atoms with Gasteiger partial charge in [0.15, 0.2) is 5.78 Å². The summed E-state index contributed by atoms with van der Waals surface area (Å²) in [6.07, 6.45) is 2.06. The van der Waals surface area contributed by atoms with Crippen LogP contribution in [0.3, 0.4) is 0 Å². The summed E-state index contributed by atoms with van der Waals surface area (Å²) in [5.74, 6) is 0.466. The Bertz CT molecular complexity index is 353. The Balaban J connectivity index is 2.38. The normalized spacial score (nSPS) is 15.8. The van der Waals surface area contributed by atoms with Gasteiger partial charge in [0, 0.05) is 11.5 Å². The lowest BCUT2D eigenvalue weighted by atomic mass is 10.0. The third-order valence-electron chi connectivity index (χ3n) is 2.41. The van der Waals surface area contributed by atoms with Gasteiger partial charge in [0.2, 0.25) is 0 Å². The number of Topliss-reactive ketones (excluding diaryl/α,β-unsaturated/α-hetero) is 1. The van der Waals surface area contributed by atoms with E-state index in [2.05, 4.69) is 0 Å². The van der Waals surface area contributed by atoms with E-state index in [-0.39, 0.29) is 11.7 Å². The molecule has 0 saturated heterocycles. The predicted molar refractivity (Wildman–Crippen MR) is 53.2 cm³/mol. The predicted octanol–water partition coefficient (Wildman–Crippen LogP) is 3.24. The molecule has 1 nitrogen and oxygen atoms in total. The van der Waals surface area contributed by atoms with Gasteiger partial charge in [-0.25, -0.2) is 0 Å². The molecule has 2 heteroatoms. The molecule has 1 aliphatic carbocycles. The number of hydrogen-bond acceptors (Lipinski definition) is 1. The fourth-order valence-electron chi connectivity index (χ4n) is 1.40. The van der Waals surface area contributed by atoms with Gasteiger partial charge >= 0.3 is 0 Å². The molecule has 0 amide bonds. The first kappa shape index (κ1) is 8.76. The third-order valence-corrected chi connectivity index (χ3v) is 2.91. The van der Waals surface area contributed by atoms with Crippen molar-refractivity contribution in [1.82, 2.24) is 0 Å². The second-order valence-corrected chi connectivity index (χ2v) is 3.95. The molecule has 0 aromatic heterocycles. The SMILES string of the molecule is Cc1cccc(C(=O)C2CC2)c1Cl. The Labute approximate surface area is 82.7 Å². The van der Waals surface area contributed by atoms with E-state index in [1.54, 1.807) is 0 Å². The van der Waals surface area contributed by atoms with Crippen LogP contribution in [0.4, 0.5) is 0 Å². The van der Waals surface area contributed by atoms with Crippen molar-refractivity contribution in [2.45, 2.75) is 19.8 Å². The van der Waals surface area contributed by atoms with E-state index in [0.717, 1.165) is 18.4 Å². The Kier molecular flexibility index (Phi) is 2.12. The molecule has 0 N–H and O–H groups in total. The maximum absolute atomic E-state index is 11.7. The van der Waals surface area contributed by atoms with Crippen LogP contribution in [0.5, 0.6) is 0 Å². The van der Waals surface area contributed by atoms with Crippen molar-refractivity contribution in [2.75, 3.05) is 0 Å². The minimum Gasteiger partial charge on any atom is -0.294 e. The molecule has 1 saturated carbocycles. The Morgan fingerprint density at radius 1 is 1.46 bits per heavy atom. The highest BCUT2D eigenvalue weighted by molar-refractivity contribution is 6.34. The van der Waals surface area contributed by atoms with Crippen LogP contribution in [0, 0.1) is 12.8 Å². The number of rotatable bonds is 2. The zero-order valence-electron chi connectivity index (χ0n) is 7.51. The summed E-state index contributed by atoms with van der Waals surface area (Å²) >= 11 is 6.04. The number of hydrogen-bond donors (Lipinski definition) is 0. The fraction of sp³-hybridized carbons (Fsp3) is 0.364.